The number of aromatic nitrogens is 2. The van der Waals surface area contributed by atoms with Gasteiger partial charge >= 0.3 is 0 Å². The molecule has 0 N–H and O–H groups in total. The van der Waals surface area contributed by atoms with Gasteiger partial charge in [-0.15, -0.1) is 10.2 Å². The van der Waals surface area contributed by atoms with E-state index >= 15 is 0 Å². The van der Waals surface area contributed by atoms with Crippen LogP contribution in [0, 0.1) is 5.82 Å². The number of nitrogens with zero attached hydrogens (tertiary/aromatic N) is 3. The molecule has 0 aliphatic heterocycles. The van der Waals surface area contributed by atoms with Crippen molar-refractivity contribution >= 4 is 21.6 Å². The van der Waals surface area contributed by atoms with Crippen LogP contribution in [0.5, 0.6) is 0 Å². The van der Waals surface area contributed by atoms with E-state index in [2.05, 4.69) is 26.1 Å². The molecule has 0 unspecified atom stereocenters. The van der Waals surface area contributed by atoms with Crippen LogP contribution in [-0.2, 0) is 6.54 Å². The van der Waals surface area contributed by atoms with Crippen LogP contribution >= 0.6 is 15.9 Å². The summed E-state index contributed by atoms with van der Waals surface area (Å²) in [4.78, 5) is 1.91. The number of hydrogen-bond donors (Lipinski definition) is 0. The Bertz CT molecular complexity index is 773. The van der Waals surface area contributed by atoms with Crippen LogP contribution in [-0.4, -0.2) is 17.2 Å². The number of hydrogen-bond acceptors (Lipinski definition) is 4. The Balaban J connectivity index is 1.75. The van der Waals surface area contributed by atoms with E-state index in [4.69, 9.17) is 4.42 Å². The molecular formula is C16H13BrFN3O. The summed E-state index contributed by atoms with van der Waals surface area (Å²) in [6.07, 6.45) is 0. The van der Waals surface area contributed by atoms with Crippen LogP contribution in [0.1, 0.15) is 5.89 Å². The van der Waals surface area contributed by atoms with Crippen molar-refractivity contribution in [3.05, 3.63) is 64.7 Å². The first-order valence-electron chi connectivity index (χ1n) is 6.67. The van der Waals surface area contributed by atoms with Crippen molar-refractivity contribution in [2.75, 3.05) is 11.9 Å². The topological polar surface area (TPSA) is 42.2 Å². The second-order valence-corrected chi connectivity index (χ2v) is 5.76. The molecule has 3 rings (SSSR count). The smallest absolute Gasteiger partial charge is 0.247 e. The van der Waals surface area contributed by atoms with Gasteiger partial charge in [0.2, 0.25) is 11.8 Å². The summed E-state index contributed by atoms with van der Waals surface area (Å²) in [7, 11) is 1.89. The first-order chi connectivity index (χ1) is 10.6. The van der Waals surface area contributed by atoms with Crippen LogP contribution < -0.4 is 4.90 Å². The van der Waals surface area contributed by atoms with Crippen molar-refractivity contribution in [3.63, 3.8) is 0 Å². The first kappa shape index (κ1) is 14.7. The normalized spacial score (nSPS) is 10.7. The fourth-order valence-corrected chi connectivity index (χ4v) is 2.44. The maximum absolute atomic E-state index is 12.9. The summed E-state index contributed by atoms with van der Waals surface area (Å²) in [5.74, 6) is 0.720. The number of rotatable bonds is 4. The second-order valence-electron chi connectivity index (χ2n) is 4.84. The first-order valence-corrected chi connectivity index (χ1v) is 7.46. The molecule has 0 radical (unpaired) electrons. The van der Waals surface area contributed by atoms with E-state index in [-0.39, 0.29) is 5.82 Å². The Hall–Kier alpha value is -2.21. The molecule has 0 atom stereocenters. The Morgan fingerprint density at radius 1 is 1.14 bits per heavy atom. The van der Waals surface area contributed by atoms with Crippen LogP contribution in [0.25, 0.3) is 11.5 Å². The van der Waals surface area contributed by atoms with E-state index in [0.717, 1.165) is 15.7 Å². The van der Waals surface area contributed by atoms with Gasteiger partial charge in [-0.25, -0.2) is 4.39 Å². The summed E-state index contributed by atoms with van der Waals surface area (Å²) in [6.45, 7) is 0.451. The quantitative estimate of drug-likeness (QED) is 0.695. The lowest BCUT2D eigenvalue weighted by Gasteiger charge is -2.16. The fraction of sp³-hybridized carbons (Fsp3) is 0.125. The highest BCUT2D eigenvalue weighted by molar-refractivity contribution is 9.10. The highest BCUT2D eigenvalue weighted by Crippen LogP contribution is 2.22. The monoisotopic (exact) mass is 361 g/mol. The lowest BCUT2D eigenvalue weighted by molar-refractivity contribution is 0.503. The molecule has 3 aromatic rings. The molecule has 0 spiro atoms. The van der Waals surface area contributed by atoms with Gasteiger partial charge < -0.3 is 9.32 Å². The molecular weight excluding hydrogens is 349 g/mol. The lowest BCUT2D eigenvalue weighted by atomic mass is 10.2. The summed E-state index contributed by atoms with van der Waals surface area (Å²) in [5, 5.41) is 8.12. The van der Waals surface area contributed by atoms with Gasteiger partial charge in [0.25, 0.3) is 0 Å². The molecule has 0 fully saturated rings. The number of halogens is 2. The van der Waals surface area contributed by atoms with Gasteiger partial charge in [-0.3, -0.25) is 0 Å². The van der Waals surface area contributed by atoms with E-state index in [0.29, 0.717) is 18.3 Å². The molecule has 6 heteroatoms. The van der Waals surface area contributed by atoms with Crippen LogP contribution in [0.3, 0.4) is 0 Å². The highest BCUT2D eigenvalue weighted by Gasteiger charge is 2.11. The summed E-state index contributed by atoms with van der Waals surface area (Å²) >= 11 is 3.41. The van der Waals surface area contributed by atoms with Crippen molar-refractivity contribution in [1.29, 1.82) is 0 Å². The largest absolute Gasteiger partial charge is 0.419 e. The average molecular weight is 362 g/mol. The molecule has 4 nitrogen and oxygen atoms in total. The summed E-state index contributed by atoms with van der Waals surface area (Å²) in [6, 6.07) is 13.9. The minimum atomic E-state index is -0.258. The van der Waals surface area contributed by atoms with Gasteiger partial charge in [-0.2, -0.15) is 0 Å². The third kappa shape index (κ3) is 3.33. The molecule has 22 heavy (non-hydrogen) atoms. The van der Waals surface area contributed by atoms with E-state index in [9.17, 15) is 4.39 Å². The molecule has 0 aliphatic carbocycles. The molecule has 1 heterocycles. The highest BCUT2D eigenvalue weighted by atomic mass is 79.9. The minimum absolute atomic E-state index is 0.258. The van der Waals surface area contributed by atoms with Crippen molar-refractivity contribution in [2.45, 2.75) is 6.54 Å². The molecule has 0 bridgehead atoms. The molecule has 0 saturated heterocycles. The Labute approximate surface area is 135 Å². The number of benzene rings is 2. The van der Waals surface area contributed by atoms with Crippen LogP contribution in [0.15, 0.2) is 57.4 Å². The van der Waals surface area contributed by atoms with E-state index < -0.39 is 0 Å². The Kier molecular flexibility index (Phi) is 4.20. The van der Waals surface area contributed by atoms with Gasteiger partial charge in [-0.05, 0) is 42.5 Å². The van der Waals surface area contributed by atoms with E-state index in [1.807, 2.05) is 36.2 Å². The Morgan fingerprint density at radius 3 is 2.64 bits per heavy atom. The molecule has 0 amide bonds. The summed E-state index contributed by atoms with van der Waals surface area (Å²) < 4.78 is 19.6. The van der Waals surface area contributed by atoms with Crippen molar-refractivity contribution < 1.29 is 8.81 Å². The zero-order valence-corrected chi connectivity index (χ0v) is 13.4. The molecule has 0 aliphatic rings. The van der Waals surface area contributed by atoms with Crippen molar-refractivity contribution in [1.82, 2.24) is 10.2 Å². The van der Waals surface area contributed by atoms with Gasteiger partial charge in [0.05, 0.1) is 6.54 Å². The molecule has 0 saturated carbocycles. The van der Waals surface area contributed by atoms with Gasteiger partial charge in [0.1, 0.15) is 5.82 Å². The maximum atomic E-state index is 12.9. The lowest BCUT2D eigenvalue weighted by Crippen LogP contribution is -2.16. The van der Waals surface area contributed by atoms with E-state index in [1.165, 1.54) is 12.1 Å². The summed E-state index contributed by atoms with van der Waals surface area (Å²) in [5.41, 5.74) is 1.74. The van der Waals surface area contributed by atoms with Crippen LogP contribution in [0.2, 0.25) is 0 Å². The third-order valence-electron chi connectivity index (χ3n) is 3.18. The minimum Gasteiger partial charge on any atom is -0.419 e. The van der Waals surface area contributed by atoms with Crippen molar-refractivity contribution in [3.8, 4) is 11.5 Å². The molecule has 2 aromatic carbocycles. The van der Waals surface area contributed by atoms with Crippen LogP contribution in [0.4, 0.5) is 10.1 Å². The zero-order valence-electron chi connectivity index (χ0n) is 11.8. The predicted octanol–water partition coefficient (Wildman–Crippen LogP) is 4.27. The average Bonchev–Trinajstić information content (AvgIpc) is 2.96. The molecule has 112 valence electrons. The van der Waals surface area contributed by atoms with Gasteiger partial charge in [0.15, 0.2) is 0 Å². The maximum Gasteiger partial charge on any atom is 0.247 e. The zero-order chi connectivity index (χ0) is 15.5. The SMILES string of the molecule is CN(Cc1nnc(-c2cccc(Br)c2)o1)c1ccc(F)cc1. The molecule has 1 aromatic heterocycles. The second kappa shape index (κ2) is 6.27. The van der Waals surface area contributed by atoms with E-state index in [1.54, 1.807) is 12.1 Å². The van der Waals surface area contributed by atoms with Gasteiger partial charge in [0, 0.05) is 22.8 Å². The van der Waals surface area contributed by atoms with Gasteiger partial charge in [-0.1, -0.05) is 22.0 Å². The Morgan fingerprint density at radius 2 is 1.91 bits per heavy atom. The number of anilines is 1. The fourth-order valence-electron chi connectivity index (χ4n) is 2.05. The van der Waals surface area contributed by atoms with Crippen molar-refractivity contribution in [2.24, 2.45) is 0 Å². The third-order valence-corrected chi connectivity index (χ3v) is 3.67. The standard InChI is InChI=1S/C16H13BrFN3O/c1-21(14-7-5-13(18)6-8-14)10-15-19-20-16(22-15)11-3-2-4-12(17)9-11/h2-9H,10H2,1H3. The predicted molar refractivity (Wildman–Crippen MR) is 85.9 cm³/mol.